The molecule has 0 aromatic rings. The highest BCUT2D eigenvalue weighted by Crippen LogP contribution is 2.49. The minimum atomic E-state index is 0.244. The zero-order valence-corrected chi connectivity index (χ0v) is 11.5. The molecule has 0 radical (unpaired) electrons. The molecule has 2 fully saturated rings. The molecule has 4 heteroatoms. The summed E-state index contributed by atoms with van der Waals surface area (Å²) in [5, 5.41) is 0. The third kappa shape index (κ3) is 3.38. The van der Waals surface area contributed by atoms with Gasteiger partial charge in [-0.25, -0.2) is 0 Å². The second-order valence-corrected chi connectivity index (χ2v) is 5.95. The van der Waals surface area contributed by atoms with Crippen LogP contribution >= 0.6 is 12.6 Å². The molecule has 1 heterocycles. The number of methoxy groups -OCH3 is 1. The fraction of sp³-hybridized carbons (Fsp3) is 0.923. The number of ether oxygens (including phenoxy) is 1. The summed E-state index contributed by atoms with van der Waals surface area (Å²) >= 11 is 4.36. The lowest BCUT2D eigenvalue weighted by molar-refractivity contribution is -0.134. The van der Waals surface area contributed by atoms with E-state index in [0.717, 1.165) is 31.9 Å². The molecule has 1 aliphatic carbocycles. The predicted molar refractivity (Wildman–Crippen MR) is 71.3 cm³/mol. The predicted octanol–water partition coefficient (Wildman–Crippen LogP) is 1.97. The maximum absolute atomic E-state index is 12.2. The van der Waals surface area contributed by atoms with Gasteiger partial charge < -0.3 is 9.64 Å². The minimum Gasteiger partial charge on any atom is -0.384 e. The first-order chi connectivity index (χ1) is 8.19. The molecule has 1 aliphatic heterocycles. The summed E-state index contributed by atoms with van der Waals surface area (Å²) in [4.78, 5) is 14.3. The SMILES string of the molecule is COCC1CCCN(C(=O)CC2(CS)CC2)C1. The van der Waals surface area contributed by atoms with E-state index >= 15 is 0 Å². The van der Waals surface area contributed by atoms with Gasteiger partial charge in [-0.3, -0.25) is 4.79 Å². The first-order valence-electron chi connectivity index (χ1n) is 6.57. The van der Waals surface area contributed by atoms with E-state index in [4.69, 9.17) is 4.74 Å². The number of hydrogen-bond donors (Lipinski definition) is 1. The van der Waals surface area contributed by atoms with E-state index in [1.165, 1.54) is 19.3 Å². The molecule has 1 unspecified atom stereocenters. The molecule has 0 N–H and O–H groups in total. The van der Waals surface area contributed by atoms with Crippen molar-refractivity contribution in [3.05, 3.63) is 0 Å². The number of thiol groups is 1. The van der Waals surface area contributed by atoms with Gasteiger partial charge in [0.1, 0.15) is 0 Å². The molecule has 1 amide bonds. The van der Waals surface area contributed by atoms with Gasteiger partial charge in [-0.1, -0.05) is 0 Å². The number of carbonyl (C=O) groups is 1. The van der Waals surface area contributed by atoms with Gasteiger partial charge in [-0.05, 0) is 42.8 Å². The third-order valence-electron chi connectivity index (χ3n) is 4.09. The Balaban J connectivity index is 1.82. The second-order valence-electron chi connectivity index (χ2n) is 5.64. The Hall–Kier alpha value is -0.220. The molecule has 2 rings (SSSR count). The maximum atomic E-state index is 12.2. The van der Waals surface area contributed by atoms with E-state index in [-0.39, 0.29) is 5.41 Å². The summed E-state index contributed by atoms with van der Waals surface area (Å²) in [6.45, 7) is 2.60. The highest BCUT2D eigenvalue weighted by Gasteiger charge is 2.44. The number of likely N-dealkylation sites (tertiary alicyclic amines) is 1. The lowest BCUT2D eigenvalue weighted by atomic mass is 9.97. The Morgan fingerprint density at radius 1 is 1.53 bits per heavy atom. The number of amides is 1. The molecule has 3 nitrogen and oxygen atoms in total. The highest BCUT2D eigenvalue weighted by molar-refractivity contribution is 7.80. The molecule has 1 saturated carbocycles. The number of piperidine rings is 1. The van der Waals surface area contributed by atoms with E-state index < -0.39 is 0 Å². The number of hydrogen-bond acceptors (Lipinski definition) is 3. The standard InChI is InChI=1S/C13H23NO2S/c1-16-9-11-3-2-6-14(8-11)12(15)7-13(10-17)4-5-13/h11,17H,2-10H2,1H3. The molecule has 0 aromatic heterocycles. The summed E-state index contributed by atoms with van der Waals surface area (Å²) in [6.07, 6.45) is 5.37. The first kappa shape index (κ1) is 13.2. The number of nitrogens with zero attached hydrogens (tertiary/aromatic N) is 1. The van der Waals surface area contributed by atoms with Crippen molar-refractivity contribution in [2.45, 2.75) is 32.1 Å². The number of rotatable bonds is 5. The van der Waals surface area contributed by atoms with Crippen LogP contribution in [0.25, 0.3) is 0 Å². The average Bonchev–Trinajstić information content (AvgIpc) is 3.10. The Labute approximate surface area is 109 Å². The Morgan fingerprint density at radius 2 is 2.29 bits per heavy atom. The van der Waals surface area contributed by atoms with Gasteiger partial charge in [0.15, 0.2) is 0 Å². The van der Waals surface area contributed by atoms with Crippen molar-refractivity contribution in [1.29, 1.82) is 0 Å². The van der Waals surface area contributed by atoms with Crippen LogP contribution in [-0.4, -0.2) is 43.4 Å². The second kappa shape index (κ2) is 5.61. The van der Waals surface area contributed by atoms with Crippen molar-refractivity contribution in [2.75, 3.05) is 32.6 Å². The molecular formula is C13H23NO2S. The van der Waals surface area contributed by atoms with Gasteiger partial charge >= 0.3 is 0 Å². The largest absolute Gasteiger partial charge is 0.384 e. The molecule has 2 aliphatic rings. The van der Waals surface area contributed by atoms with E-state index in [0.29, 0.717) is 18.2 Å². The summed E-state index contributed by atoms with van der Waals surface area (Å²) in [5.41, 5.74) is 0.244. The van der Waals surface area contributed by atoms with E-state index in [1.54, 1.807) is 7.11 Å². The van der Waals surface area contributed by atoms with Crippen molar-refractivity contribution in [3.63, 3.8) is 0 Å². The van der Waals surface area contributed by atoms with Crippen molar-refractivity contribution in [1.82, 2.24) is 4.90 Å². The van der Waals surface area contributed by atoms with Crippen LogP contribution in [0.5, 0.6) is 0 Å². The lowest BCUT2D eigenvalue weighted by Gasteiger charge is -2.33. The van der Waals surface area contributed by atoms with Crippen LogP contribution in [0.2, 0.25) is 0 Å². The minimum absolute atomic E-state index is 0.244. The Bertz CT molecular complexity index is 277. The molecule has 17 heavy (non-hydrogen) atoms. The molecule has 1 saturated heterocycles. The number of carbonyl (C=O) groups excluding carboxylic acids is 1. The first-order valence-corrected chi connectivity index (χ1v) is 7.20. The molecule has 0 spiro atoms. The molecule has 1 atom stereocenters. The van der Waals surface area contributed by atoms with Crippen LogP contribution < -0.4 is 0 Å². The van der Waals surface area contributed by atoms with Crippen molar-refractivity contribution < 1.29 is 9.53 Å². The summed E-state index contributed by atoms with van der Waals surface area (Å²) in [6, 6.07) is 0. The average molecular weight is 257 g/mol. The van der Waals surface area contributed by atoms with Gasteiger partial charge in [-0.2, -0.15) is 12.6 Å². The molecule has 0 aromatic carbocycles. The van der Waals surface area contributed by atoms with Crippen molar-refractivity contribution in [3.8, 4) is 0 Å². The van der Waals surface area contributed by atoms with Crippen LogP contribution in [0, 0.1) is 11.3 Å². The van der Waals surface area contributed by atoms with E-state index in [2.05, 4.69) is 12.6 Å². The monoisotopic (exact) mass is 257 g/mol. The fourth-order valence-electron chi connectivity index (χ4n) is 2.66. The van der Waals surface area contributed by atoms with Gasteiger partial charge in [0.05, 0.1) is 6.61 Å². The topological polar surface area (TPSA) is 29.5 Å². The van der Waals surface area contributed by atoms with Crippen LogP contribution in [0.3, 0.4) is 0 Å². The normalized spacial score (nSPS) is 26.9. The van der Waals surface area contributed by atoms with Crippen LogP contribution in [0.1, 0.15) is 32.1 Å². The fourth-order valence-corrected chi connectivity index (χ4v) is 3.09. The van der Waals surface area contributed by atoms with Gasteiger partial charge in [0.25, 0.3) is 0 Å². The van der Waals surface area contributed by atoms with Gasteiger partial charge in [0.2, 0.25) is 5.91 Å². The third-order valence-corrected chi connectivity index (χ3v) is 4.76. The zero-order chi connectivity index (χ0) is 12.3. The zero-order valence-electron chi connectivity index (χ0n) is 10.7. The molecule has 0 bridgehead atoms. The maximum Gasteiger partial charge on any atom is 0.223 e. The summed E-state index contributed by atoms with van der Waals surface area (Å²) in [5.74, 6) is 1.72. The quantitative estimate of drug-likeness (QED) is 0.763. The highest BCUT2D eigenvalue weighted by atomic mass is 32.1. The lowest BCUT2D eigenvalue weighted by Crippen LogP contribution is -2.42. The Morgan fingerprint density at radius 3 is 2.88 bits per heavy atom. The van der Waals surface area contributed by atoms with E-state index in [9.17, 15) is 4.79 Å². The van der Waals surface area contributed by atoms with Crippen molar-refractivity contribution >= 4 is 18.5 Å². The van der Waals surface area contributed by atoms with Crippen LogP contribution in [0.15, 0.2) is 0 Å². The molecular weight excluding hydrogens is 234 g/mol. The van der Waals surface area contributed by atoms with Gasteiger partial charge in [0, 0.05) is 26.6 Å². The van der Waals surface area contributed by atoms with Crippen LogP contribution in [-0.2, 0) is 9.53 Å². The Kier molecular flexibility index (Phi) is 4.36. The summed E-state index contributed by atoms with van der Waals surface area (Å²) < 4.78 is 5.19. The molecule has 98 valence electrons. The van der Waals surface area contributed by atoms with Crippen molar-refractivity contribution in [2.24, 2.45) is 11.3 Å². The van der Waals surface area contributed by atoms with Gasteiger partial charge in [-0.15, -0.1) is 0 Å². The summed E-state index contributed by atoms with van der Waals surface area (Å²) in [7, 11) is 1.74. The smallest absolute Gasteiger partial charge is 0.223 e. The van der Waals surface area contributed by atoms with Crippen LogP contribution in [0.4, 0.5) is 0 Å². The van der Waals surface area contributed by atoms with E-state index in [1.807, 2.05) is 4.90 Å².